The van der Waals surface area contributed by atoms with E-state index < -0.39 is 0 Å². The maximum atomic E-state index is 5.63. The lowest BCUT2D eigenvalue weighted by molar-refractivity contribution is 0.278. The van der Waals surface area contributed by atoms with Crippen molar-refractivity contribution in [2.75, 3.05) is 5.73 Å². The van der Waals surface area contributed by atoms with Gasteiger partial charge in [0, 0.05) is 30.7 Å². The highest BCUT2D eigenvalue weighted by Crippen LogP contribution is 2.25. The Labute approximate surface area is 98.5 Å². The SMILES string of the molecule is Nc1ncc(CN2Cc3ccccc3C2)s1. The van der Waals surface area contributed by atoms with Crippen LogP contribution in [0.25, 0.3) is 0 Å². The van der Waals surface area contributed by atoms with Gasteiger partial charge in [0.15, 0.2) is 5.13 Å². The molecular weight excluding hydrogens is 218 g/mol. The van der Waals surface area contributed by atoms with E-state index in [9.17, 15) is 0 Å². The summed E-state index contributed by atoms with van der Waals surface area (Å²) in [7, 11) is 0. The highest BCUT2D eigenvalue weighted by molar-refractivity contribution is 7.15. The van der Waals surface area contributed by atoms with Gasteiger partial charge in [-0.25, -0.2) is 4.98 Å². The molecule has 2 heterocycles. The molecule has 82 valence electrons. The first-order valence-corrected chi connectivity index (χ1v) is 6.12. The lowest BCUT2D eigenvalue weighted by Gasteiger charge is -2.12. The standard InChI is InChI=1S/C12H13N3S/c13-12-14-5-11(16-12)8-15-6-9-3-1-2-4-10(9)7-15/h1-5H,6-8H2,(H2,13,14). The highest BCUT2D eigenvalue weighted by Gasteiger charge is 2.18. The van der Waals surface area contributed by atoms with E-state index in [1.54, 1.807) is 11.3 Å². The summed E-state index contributed by atoms with van der Waals surface area (Å²) in [6, 6.07) is 8.62. The number of anilines is 1. The molecule has 2 N–H and O–H groups in total. The van der Waals surface area contributed by atoms with Gasteiger partial charge in [-0.05, 0) is 11.1 Å². The van der Waals surface area contributed by atoms with Crippen LogP contribution in [0.15, 0.2) is 30.5 Å². The fourth-order valence-electron chi connectivity index (χ4n) is 2.13. The smallest absolute Gasteiger partial charge is 0.180 e. The predicted octanol–water partition coefficient (Wildman–Crippen LogP) is 2.24. The molecule has 0 radical (unpaired) electrons. The molecule has 1 aliphatic rings. The lowest BCUT2D eigenvalue weighted by atomic mass is 10.1. The minimum absolute atomic E-state index is 0.659. The van der Waals surface area contributed by atoms with Gasteiger partial charge in [0.2, 0.25) is 0 Å². The second-order valence-corrected chi connectivity index (χ2v) is 5.23. The highest BCUT2D eigenvalue weighted by atomic mass is 32.1. The molecule has 0 saturated heterocycles. The van der Waals surface area contributed by atoms with E-state index >= 15 is 0 Å². The van der Waals surface area contributed by atoms with E-state index in [0.29, 0.717) is 5.13 Å². The fourth-order valence-corrected chi connectivity index (χ4v) is 2.86. The average Bonchev–Trinajstić information content (AvgIpc) is 2.84. The Hall–Kier alpha value is -1.39. The van der Waals surface area contributed by atoms with Crippen molar-refractivity contribution in [3.8, 4) is 0 Å². The molecule has 0 unspecified atom stereocenters. The summed E-state index contributed by atoms with van der Waals surface area (Å²) >= 11 is 1.58. The number of benzene rings is 1. The zero-order valence-electron chi connectivity index (χ0n) is 8.89. The molecule has 3 nitrogen and oxygen atoms in total. The van der Waals surface area contributed by atoms with Gasteiger partial charge in [-0.3, -0.25) is 4.90 Å². The van der Waals surface area contributed by atoms with E-state index in [-0.39, 0.29) is 0 Å². The van der Waals surface area contributed by atoms with Crippen LogP contribution in [0.4, 0.5) is 5.13 Å². The maximum absolute atomic E-state index is 5.63. The van der Waals surface area contributed by atoms with E-state index in [2.05, 4.69) is 34.1 Å². The monoisotopic (exact) mass is 231 g/mol. The third-order valence-corrected chi connectivity index (χ3v) is 3.67. The Morgan fingerprint density at radius 2 is 1.94 bits per heavy atom. The lowest BCUT2D eigenvalue weighted by Crippen LogP contribution is -2.14. The topological polar surface area (TPSA) is 42.1 Å². The largest absolute Gasteiger partial charge is 0.375 e. The third-order valence-electron chi connectivity index (χ3n) is 2.86. The number of nitrogens with two attached hydrogens (primary N) is 1. The number of hydrogen-bond acceptors (Lipinski definition) is 4. The number of hydrogen-bond donors (Lipinski definition) is 1. The normalized spacial score (nSPS) is 15.2. The summed E-state index contributed by atoms with van der Waals surface area (Å²) < 4.78 is 0. The molecule has 16 heavy (non-hydrogen) atoms. The van der Waals surface area contributed by atoms with E-state index in [4.69, 9.17) is 5.73 Å². The van der Waals surface area contributed by atoms with Crippen LogP contribution < -0.4 is 5.73 Å². The first-order chi connectivity index (χ1) is 7.81. The molecule has 1 aromatic carbocycles. The van der Waals surface area contributed by atoms with Crippen molar-refractivity contribution in [3.63, 3.8) is 0 Å². The van der Waals surface area contributed by atoms with Crippen molar-refractivity contribution in [2.45, 2.75) is 19.6 Å². The molecule has 0 spiro atoms. The minimum atomic E-state index is 0.659. The van der Waals surface area contributed by atoms with Crippen LogP contribution in [0.2, 0.25) is 0 Å². The average molecular weight is 231 g/mol. The third kappa shape index (κ3) is 1.81. The summed E-state index contributed by atoms with van der Waals surface area (Å²) in [6.45, 7) is 3.02. The molecule has 4 heteroatoms. The summed E-state index contributed by atoms with van der Waals surface area (Å²) in [4.78, 5) is 7.73. The molecule has 0 bridgehead atoms. The number of nitrogen functional groups attached to an aromatic ring is 1. The predicted molar refractivity (Wildman–Crippen MR) is 65.9 cm³/mol. The molecule has 3 rings (SSSR count). The van der Waals surface area contributed by atoms with Gasteiger partial charge >= 0.3 is 0 Å². The molecule has 1 aromatic heterocycles. The minimum Gasteiger partial charge on any atom is -0.375 e. The number of aromatic nitrogens is 1. The zero-order valence-corrected chi connectivity index (χ0v) is 9.70. The van der Waals surface area contributed by atoms with Gasteiger partial charge in [-0.15, -0.1) is 11.3 Å². The van der Waals surface area contributed by atoms with Crippen LogP contribution in [-0.4, -0.2) is 9.88 Å². The Kier molecular flexibility index (Phi) is 2.38. The molecule has 2 aromatic rings. The summed E-state index contributed by atoms with van der Waals surface area (Å²) in [5.74, 6) is 0. The summed E-state index contributed by atoms with van der Waals surface area (Å²) in [6.07, 6.45) is 1.88. The maximum Gasteiger partial charge on any atom is 0.180 e. The van der Waals surface area contributed by atoms with Crippen LogP contribution in [0.5, 0.6) is 0 Å². The van der Waals surface area contributed by atoms with Gasteiger partial charge in [0.1, 0.15) is 0 Å². The van der Waals surface area contributed by atoms with Crippen molar-refractivity contribution in [1.29, 1.82) is 0 Å². The van der Waals surface area contributed by atoms with Crippen molar-refractivity contribution < 1.29 is 0 Å². The molecule has 1 aliphatic heterocycles. The van der Waals surface area contributed by atoms with Crippen molar-refractivity contribution in [1.82, 2.24) is 9.88 Å². The van der Waals surface area contributed by atoms with Gasteiger partial charge in [0.25, 0.3) is 0 Å². The summed E-state index contributed by atoms with van der Waals surface area (Å²) in [5, 5.41) is 0.659. The number of nitrogens with zero attached hydrogens (tertiary/aromatic N) is 2. The second-order valence-electron chi connectivity index (χ2n) is 4.08. The van der Waals surface area contributed by atoms with Crippen LogP contribution in [-0.2, 0) is 19.6 Å². The number of rotatable bonds is 2. The number of thiazole rings is 1. The zero-order chi connectivity index (χ0) is 11.0. The molecule has 0 fully saturated rings. The Bertz CT molecular complexity index is 481. The van der Waals surface area contributed by atoms with Gasteiger partial charge < -0.3 is 5.73 Å². The van der Waals surface area contributed by atoms with Crippen molar-refractivity contribution in [2.24, 2.45) is 0 Å². The van der Waals surface area contributed by atoms with Gasteiger partial charge in [-0.1, -0.05) is 24.3 Å². The molecule has 0 aliphatic carbocycles. The number of fused-ring (bicyclic) bond motifs is 1. The van der Waals surface area contributed by atoms with Crippen molar-refractivity contribution >= 4 is 16.5 Å². The Morgan fingerprint density at radius 1 is 1.25 bits per heavy atom. The molecule has 0 amide bonds. The quantitative estimate of drug-likeness (QED) is 0.862. The summed E-state index contributed by atoms with van der Waals surface area (Å²) in [5.41, 5.74) is 8.51. The first kappa shape index (κ1) is 9.81. The van der Waals surface area contributed by atoms with Gasteiger partial charge in [0.05, 0.1) is 0 Å². The second kappa shape index (κ2) is 3.88. The van der Waals surface area contributed by atoms with Gasteiger partial charge in [-0.2, -0.15) is 0 Å². The van der Waals surface area contributed by atoms with E-state index in [1.165, 1.54) is 16.0 Å². The van der Waals surface area contributed by atoms with Crippen molar-refractivity contribution in [3.05, 3.63) is 46.5 Å². The van der Waals surface area contributed by atoms with E-state index in [1.807, 2.05) is 6.20 Å². The fraction of sp³-hybridized carbons (Fsp3) is 0.250. The van der Waals surface area contributed by atoms with Crippen LogP contribution in [0.3, 0.4) is 0 Å². The molecule has 0 saturated carbocycles. The Balaban J connectivity index is 1.72. The molecular formula is C12H13N3S. The van der Waals surface area contributed by atoms with Crippen LogP contribution >= 0.6 is 11.3 Å². The van der Waals surface area contributed by atoms with Crippen LogP contribution in [0, 0.1) is 0 Å². The van der Waals surface area contributed by atoms with Crippen LogP contribution in [0.1, 0.15) is 16.0 Å². The Morgan fingerprint density at radius 3 is 2.50 bits per heavy atom. The van der Waals surface area contributed by atoms with E-state index in [0.717, 1.165) is 19.6 Å². The first-order valence-electron chi connectivity index (χ1n) is 5.30. The molecule has 0 atom stereocenters.